The summed E-state index contributed by atoms with van der Waals surface area (Å²) in [6.07, 6.45) is -3.30. The van der Waals surface area contributed by atoms with Crippen LogP contribution in [0.5, 0.6) is 0 Å². The number of carbonyl (C=O) groups excluding carboxylic acids is 3. The number of fused-ring (bicyclic) bond motifs is 3. The Morgan fingerprint density at radius 3 is 1.89 bits per heavy atom. The number of alkyl halides is 3. The molecule has 38 heavy (non-hydrogen) atoms. The van der Waals surface area contributed by atoms with Gasteiger partial charge in [0.1, 0.15) is 12.0 Å². The second-order valence-electron chi connectivity index (χ2n) is 9.15. The van der Waals surface area contributed by atoms with E-state index in [0.717, 1.165) is 11.1 Å². The van der Waals surface area contributed by atoms with Gasteiger partial charge in [0.25, 0.3) is 5.91 Å². The van der Waals surface area contributed by atoms with Crippen LogP contribution in [0.1, 0.15) is 40.7 Å². The molecule has 1 aliphatic rings. The maximum atomic E-state index is 13.5. The van der Waals surface area contributed by atoms with E-state index in [2.05, 4.69) is 16.0 Å². The molecule has 0 radical (unpaired) electrons. The van der Waals surface area contributed by atoms with Crippen LogP contribution in [0.15, 0.2) is 78.9 Å². The molecule has 198 valence electrons. The van der Waals surface area contributed by atoms with Crippen molar-refractivity contribution in [1.29, 1.82) is 0 Å². The number of hydrogen-bond donors (Lipinski definition) is 3. The van der Waals surface area contributed by atoms with E-state index in [1.165, 1.54) is 0 Å². The molecule has 3 aromatic carbocycles. The average Bonchev–Trinajstić information content (AvgIpc) is 3.21. The Morgan fingerprint density at radius 1 is 0.711 bits per heavy atom. The third-order valence-electron chi connectivity index (χ3n) is 6.65. The monoisotopic (exact) mass is 523 g/mol. The number of halogens is 3. The molecule has 3 aromatic rings. The van der Waals surface area contributed by atoms with Crippen molar-refractivity contribution in [1.82, 2.24) is 16.0 Å². The number of unbranched alkanes of at least 4 members (excludes halogenated alkanes) is 1. The fourth-order valence-corrected chi connectivity index (χ4v) is 4.94. The van der Waals surface area contributed by atoms with Gasteiger partial charge in [-0.15, -0.1) is 0 Å². The highest BCUT2D eigenvalue weighted by molar-refractivity contribution is 6.00. The zero-order valence-electron chi connectivity index (χ0n) is 20.6. The summed E-state index contributed by atoms with van der Waals surface area (Å²) in [4.78, 5) is 37.7. The molecule has 4 rings (SSSR count). The Hall–Kier alpha value is -4.14. The minimum Gasteiger partial charge on any atom is -0.355 e. The van der Waals surface area contributed by atoms with E-state index in [1.807, 2.05) is 24.3 Å². The quantitative estimate of drug-likeness (QED) is 0.346. The molecule has 0 aliphatic heterocycles. The molecule has 3 N–H and O–H groups in total. The van der Waals surface area contributed by atoms with Gasteiger partial charge in [-0.3, -0.25) is 14.4 Å². The van der Waals surface area contributed by atoms with Crippen molar-refractivity contribution in [3.05, 3.63) is 95.6 Å². The molecule has 0 fully saturated rings. The summed E-state index contributed by atoms with van der Waals surface area (Å²) < 4.78 is 38.9. The minimum absolute atomic E-state index is 0.182. The second-order valence-corrected chi connectivity index (χ2v) is 9.15. The molecule has 0 saturated heterocycles. The molecule has 0 atom stereocenters. The summed E-state index contributed by atoms with van der Waals surface area (Å²) in [6, 6.07) is 23.1. The van der Waals surface area contributed by atoms with Crippen molar-refractivity contribution in [2.75, 3.05) is 19.6 Å². The van der Waals surface area contributed by atoms with Gasteiger partial charge in [-0.05, 0) is 53.6 Å². The molecule has 3 amide bonds. The fourth-order valence-electron chi connectivity index (χ4n) is 4.94. The molecule has 0 saturated carbocycles. The van der Waals surface area contributed by atoms with Gasteiger partial charge < -0.3 is 16.0 Å². The van der Waals surface area contributed by atoms with E-state index < -0.39 is 24.0 Å². The summed E-state index contributed by atoms with van der Waals surface area (Å²) in [5.74, 6) is -1.41. The van der Waals surface area contributed by atoms with E-state index in [-0.39, 0.29) is 24.8 Å². The number of amides is 3. The van der Waals surface area contributed by atoms with Crippen molar-refractivity contribution in [3.8, 4) is 11.1 Å². The average molecular weight is 524 g/mol. The van der Waals surface area contributed by atoms with Crippen molar-refractivity contribution >= 4 is 17.7 Å². The Balaban J connectivity index is 1.40. The highest BCUT2D eigenvalue weighted by Gasteiger charge is 2.49. The van der Waals surface area contributed by atoms with Crippen molar-refractivity contribution in [3.63, 3.8) is 0 Å². The highest BCUT2D eigenvalue weighted by Crippen LogP contribution is 2.51. The molecule has 0 aromatic heterocycles. The molecule has 6 nitrogen and oxygen atoms in total. The molecule has 0 unspecified atom stereocenters. The summed E-state index contributed by atoms with van der Waals surface area (Å²) in [5.41, 5.74) is 2.18. The Morgan fingerprint density at radius 2 is 1.29 bits per heavy atom. The van der Waals surface area contributed by atoms with Gasteiger partial charge in [-0.1, -0.05) is 66.7 Å². The lowest BCUT2D eigenvalue weighted by molar-refractivity contribution is -0.141. The van der Waals surface area contributed by atoms with Crippen molar-refractivity contribution in [2.24, 2.45) is 0 Å². The van der Waals surface area contributed by atoms with E-state index in [9.17, 15) is 27.6 Å². The van der Waals surface area contributed by atoms with Gasteiger partial charge in [0.05, 0.1) is 6.54 Å². The molecule has 0 heterocycles. The Kier molecular flexibility index (Phi) is 8.14. The first-order chi connectivity index (χ1) is 18.2. The third kappa shape index (κ3) is 5.88. The highest BCUT2D eigenvalue weighted by atomic mass is 19.4. The largest absolute Gasteiger partial charge is 0.405 e. The third-order valence-corrected chi connectivity index (χ3v) is 6.65. The molecular formula is C29H28F3N3O3. The maximum Gasteiger partial charge on any atom is 0.405 e. The first kappa shape index (κ1) is 26.9. The van der Waals surface area contributed by atoms with Crippen LogP contribution < -0.4 is 16.0 Å². The predicted octanol–water partition coefficient (Wildman–Crippen LogP) is 4.35. The molecule has 9 heteroatoms. The van der Waals surface area contributed by atoms with Crippen LogP contribution in [0.3, 0.4) is 0 Å². The van der Waals surface area contributed by atoms with Gasteiger partial charge in [0, 0.05) is 12.1 Å². The zero-order chi connectivity index (χ0) is 27.2. The van der Waals surface area contributed by atoms with Crippen LogP contribution in [0, 0.1) is 0 Å². The summed E-state index contributed by atoms with van der Waals surface area (Å²) in [7, 11) is 0. The van der Waals surface area contributed by atoms with Crippen LogP contribution in [0.25, 0.3) is 11.1 Å². The zero-order valence-corrected chi connectivity index (χ0v) is 20.6. The van der Waals surface area contributed by atoms with Gasteiger partial charge in [0.2, 0.25) is 11.8 Å². The lowest BCUT2D eigenvalue weighted by Gasteiger charge is -2.31. The SMILES string of the molecule is O=C(CNC(=O)c1ccccc1)NCCCCC1(C(=O)NCC(F)(F)F)c2ccccc2-c2ccccc21. The standard InChI is InChI=1S/C29H28F3N3O3/c30-29(31,32)19-35-27(38)28(23-14-6-4-12-21(23)22-13-5-7-15-24(22)28)16-8-9-17-33-25(36)18-34-26(37)20-10-2-1-3-11-20/h1-7,10-15H,8-9,16-19H2,(H,33,36)(H,34,37)(H,35,38). The molecule has 0 bridgehead atoms. The van der Waals surface area contributed by atoms with E-state index in [1.54, 1.807) is 54.6 Å². The normalized spacial score (nSPS) is 13.2. The number of nitrogens with one attached hydrogen (secondary N) is 3. The minimum atomic E-state index is -4.53. The predicted molar refractivity (Wildman–Crippen MR) is 137 cm³/mol. The number of benzene rings is 3. The summed E-state index contributed by atoms with van der Waals surface area (Å²) in [6.45, 7) is -1.30. The fraction of sp³-hybridized carbons (Fsp3) is 0.276. The van der Waals surface area contributed by atoms with Crippen LogP contribution in [-0.2, 0) is 15.0 Å². The van der Waals surface area contributed by atoms with Crippen LogP contribution in [0.4, 0.5) is 13.2 Å². The van der Waals surface area contributed by atoms with Crippen LogP contribution in [-0.4, -0.2) is 43.5 Å². The van der Waals surface area contributed by atoms with Crippen LogP contribution >= 0.6 is 0 Å². The van der Waals surface area contributed by atoms with E-state index in [0.29, 0.717) is 36.1 Å². The van der Waals surface area contributed by atoms with Crippen LogP contribution in [0.2, 0.25) is 0 Å². The van der Waals surface area contributed by atoms with E-state index >= 15 is 0 Å². The van der Waals surface area contributed by atoms with E-state index in [4.69, 9.17) is 0 Å². The molecule has 0 spiro atoms. The number of rotatable bonds is 10. The Labute approximate surface area is 218 Å². The van der Waals surface area contributed by atoms with Gasteiger partial charge in [-0.25, -0.2) is 0 Å². The van der Waals surface area contributed by atoms with Gasteiger partial charge in [-0.2, -0.15) is 13.2 Å². The molecular weight excluding hydrogens is 495 g/mol. The smallest absolute Gasteiger partial charge is 0.355 e. The maximum absolute atomic E-state index is 13.5. The van der Waals surface area contributed by atoms with Gasteiger partial charge in [0.15, 0.2) is 0 Å². The second kappa shape index (κ2) is 11.5. The Bertz CT molecular complexity index is 1260. The summed E-state index contributed by atoms with van der Waals surface area (Å²) >= 11 is 0. The summed E-state index contributed by atoms with van der Waals surface area (Å²) in [5, 5.41) is 7.41. The first-order valence-electron chi connectivity index (χ1n) is 12.4. The number of carbonyl (C=O) groups is 3. The van der Waals surface area contributed by atoms with Gasteiger partial charge >= 0.3 is 6.18 Å². The number of hydrogen-bond acceptors (Lipinski definition) is 3. The lowest BCUT2D eigenvalue weighted by Crippen LogP contribution is -2.47. The topological polar surface area (TPSA) is 87.3 Å². The first-order valence-corrected chi connectivity index (χ1v) is 12.4. The molecule has 1 aliphatic carbocycles. The lowest BCUT2D eigenvalue weighted by atomic mass is 9.73. The van der Waals surface area contributed by atoms with Crippen molar-refractivity contribution < 1.29 is 27.6 Å². The van der Waals surface area contributed by atoms with Crippen molar-refractivity contribution in [2.45, 2.75) is 30.9 Å².